The van der Waals surface area contributed by atoms with Crippen molar-refractivity contribution in [2.75, 3.05) is 7.11 Å². The predicted molar refractivity (Wildman–Crippen MR) is 118 cm³/mol. The molecular formula is C25H22N2O4. The summed E-state index contributed by atoms with van der Waals surface area (Å²) in [6.07, 6.45) is 3.00. The molecule has 4 aromatic rings. The molecule has 0 radical (unpaired) electrons. The maximum atomic E-state index is 11.4. The summed E-state index contributed by atoms with van der Waals surface area (Å²) in [7, 11) is 1.64. The summed E-state index contributed by atoms with van der Waals surface area (Å²) in [6, 6.07) is 21.2. The standard InChI is InChI=1S/C25H22N2O4/c1-17-7-12-23(27(17)20-13-19(25(28)29)14-26-15-20)22-5-3-4-6-24(22)31-16-18-8-10-21(30-2)11-9-18/h3-15H,16H2,1-2H3,(H,28,29). The largest absolute Gasteiger partial charge is 0.497 e. The molecule has 0 saturated heterocycles. The molecule has 6 heteroatoms. The molecule has 0 unspecified atom stereocenters. The molecule has 156 valence electrons. The number of nitrogens with zero attached hydrogens (tertiary/aromatic N) is 2. The zero-order valence-corrected chi connectivity index (χ0v) is 17.3. The van der Waals surface area contributed by atoms with Crippen molar-refractivity contribution < 1.29 is 19.4 Å². The Morgan fingerprint density at radius 1 is 1.03 bits per heavy atom. The third kappa shape index (κ3) is 4.28. The van der Waals surface area contributed by atoms with E-state index in [0.717, 1.165) is 34.0 Å². The second-order valence-corrected chi connectivity index (χ2v) is 7.07. The number of rotatable bonds is 7. The van der Waals surface area contributed by atoms with Crippen LogP contribution in [0.3, 0.4) is 0 Å². The Labute approximate surface area is 180 Å². The summed E-state index contributed by atoms with van der Waals surface area (Å²) in [5.74, 6) is 0.526. The first kappa shape index (κ1) is 20.2. The number of ether oxygens (including phenoxy) is 2. The lowest BCUT2D eigenvalue weighted by molar-refractivity contribution is 0.0696. The molecule has 2 aromatic carbocycles. The summed E-state index contributed by atoms with van der Waals surface area (Å²) in [5.41, 5.74) is 4.62. The molecule has 6 nitrogen and oxygen atoms in total. The fraction of sp³-hybridized carbons (Fsp3) is 0.120. The van der Waals surface area contributed by atoms with Gasteiger partial charge in [-0.25, -0.2) is 4.79 Å². The smallest absolute Gasteiger partial charge is 0.337 e. The van der Waals surface area contributed by atoms with Crippen molar-refractivity contribution in [2.45, 2.75) is 13.5 Å². The lowest BCUT2D eigenvalue weighted by Gasteiger charge is -2.16. The lowest BCUT2D eigenvalue weighted by atomic mass is 10.1. The van der Waals surface area contributed by atoms with E-state index in [4.69, 9.17) is 9.47 Å². The second-order valence-electron chi connectivity index (χ2n) is 7.07. The molecule has 0 aliphatic carbocycles. The quantitative estimate of drug-likeness (QED) is 0.454. The first-order valence-electron chi connectivity index (χ1n) is 9.79. The maximum absolute atomic E-state index is 11.4. The molecule has 1 N–H and O–H groups in total. The van der Waals surface area contributed by atoms with Gasteiger partial charge in [0.1, 0.15) is 18.1 Å². The van der Waals surface area contributed by atoms with Gasteiger partial charge in [-0.15, -0.1) is 0 Å². The van der Waals surface area contributed by atoms with Gasteiger partial charge in [-0.3, -0.25) is 4.98 Å². The van der Waals surface area contributed by atoms with Gasteiger partial charge in [-0.2, -0.15) is 0 Å². The summed E-state index contributed by atoms with van der Waals surface area (Å²) < 4.78 is 13.3. The van der Waals surface area contributed by atoms with Crippen LogP contribution in [0.5, 0.6) is 11.5 Å². The minimum absolute atomic E-state index is 0.139. The van der Waals surface area contributed by atoms with E-state index < -0.39 is 5.97 Å². The van der Waals surface area contributed by atoms with Crippen LogP contribution in [0.2, 0.25) is 0 Å². The molecule has 0 aliphatic heterocycles. The van der Waals surface area contributed by atoms with Crippen LogP contribution in [0.4, 0.5) is 0 Å². The van der Waals surface area contributed by atoms with Gasteiger partial charge < -0.3 is 19.1 Å². The predicted octanol–water partition coefficient (Wildman–Crippen LogP) is 5.13. The Morgan fingerprint density at radius 2 is 1.81 bits per heavy atom. The second kappa shape index (κ2) is 8.75. The van der Waals surface area contributed by atoms with Crippen molar-refractivity contribution in [3.8, 4) is 28.4 Å². The average molecular weight is 414 g/mol. The number of para-hydroxylation sites is 1. The molecule has 2 heterocycles. The molecule has 0 saturated carbocycles. The molecule has 31 heavy (non-hydrogen) atoms. The van der Waals surface area contributed by atoms with Crippen LogP contribution in [0.1, 0.15) is 21.6 Å². The average Bonchev–Trinajstić information content (AvgIpc) is 3.19. The third-order valence-electron chi connectivity index (χ3n) is 5.02. The number of aromatic carboxylic acids is 1. The summed E-state index contributed by atoms with van der Waals surface area (Å²) in [6.45, 7) is 2.38. The molecule has 0 atom stereocenters. The van der Waals surface area contributed by atoms with E-state index >= 15 is 0 Å². The number of carbonyl (C=O) groups is 1. The maximum Gasteiger partial charge on any atom is 0.337 e. The van der Waals surface area contributed by atoms with E-state index in [2.05, 4.69) is 4.98 Å². The summed E-state index contributed by atoms with van der Waals surface area (Å²) in [4.78, 5) is 15.5. The summed E-state index contributed by atoms with van der Waals surface area (Å²) in [5, 5.41) is 9.34. The van der Waals surface area contributed by atoms with Crippen molar-refractivity contribution in [3.63, 3.8) is 0 Å². The fourth-order valence-electron chi connectivity index (χ4n) is 3.45. The molecule has 0 fully saturated rings. The van der Waals surface area contributed by atoms with Crippen LogP contribution < -0.4 is 9.47 Å². The van der Waals surface area contributed by atoms with Crippen molar-refractivity contribution in [1.82, 2.24) is 9.55 Å². The SMILES string of the molecule is COc1ccc(COc2ccccc2-c2ccc(C)n2-c2cncc(C(=O)O)c2)cc1. The van der Waals surface area contributed by atoms with Gasteiger partial charge in [0, 0.05) is 17.5 Å². The Morgan fingerprint density at radius 3 is 2.55 bits per heavy atom. The molecule has 0 bridgehead atoms. The number of hydrogen-bond donors (Lipinski definition) is 1. The van der Waals surface area contributed by atoms with Crippen molar-refractivity contribution in [3.05, 3.63) is 95.9 Å². The lowest BCUT2D eigenvalue weighted by Crippen LogP contribution is -2.04. The minimum atomic E-state index is -1.01. The first-order valence-corrected chi connectivity index (χ1v) is 9.79. The zero-order chi connectivity index (χ0) is 21.8. The van der Waals surface area contributed by atoms with Gasteiger partial charge in [0.2, 0.25) is 0 Å². The Balaban J connectivity index is 1.68. The Kier molecular flexibility index (Phi) is 5.71. The highest BCUT2D eigenvalue weighted by Gasteiger charge is 2.15. The van der Waals surface area contributed by atoms with E-state index in [1.54, 1.807) is 19.4 Å². The van der Waals surface area contributed by atoms with Crippen molar-refractivity contribution in [1.29, 1.82) is 0 Å². The van der Waals surface area contributed by atoms with Crippen LogP contribution in [-0.4, -0.2) is 27.7 Å². The molecular weight excluding hydrogens is 392 g/mol. The molecule has 0 spiro atoms. The Bertz CT molecular complexity index is 1210. The molecule has 0 aliphatic rings. The molecule has 0 amide bonds. The number of pyridine rings is 1. The fourth-order valence-corrected chi connectivity index (χ4v) is 3.45. The number of methoxy groups -OCH3 is 1. The van der Waals surface area contributed by atoms with Gasteiger partial charge >= 0.3 is 5.97 Å². The highest BCUT2D eigenvalue weighted by Crippen LogP contribution is 2.34. The van der Waals surface area contributed by atoms with Gasteiger partial charge in [0.05, 0.1) is 30.3 Å². The minimum Gasteiger partial charge on any atom is -0.497 e. The van der Waals surface area contributed by atoms with E-state index in [-0.39, 0.29) is 5.56 Å². The highest BCUT2D eigenvalue weighted by atomic mass is 16.5. The topological polar surface area (TPSA) is 73.6 Å². The number of carboxylic acid groups (broad SMARTS) is 1. The number of benzene rings is 2. The van der Waals surface area contributed by atoms with Crippen LogP contribution >= 0.6 is 0 Å². The number of aryl methyl sites for hydroxylation is 1. The normalized spacial score (nSPS) is 10.6. The van der Waals surface area contributed by atoms with Gasteiger partial charge in [0.15, 0.2) is 0 Å². The van der Waals surface area contributed by atoms with Crippen molar-refractivity contribution in [2.24, 2.45) is 0 Å². The highest BCUT2D eigenvalue weighted by molar-refractivity contribution is 5.88. The van der Waals surface area contributed by atoms with E-state index in [1.165, 1.54) is 6.20 Å². The van der Waals surface area contributed by atoms with E-state index in [1.807, 2.05) is 72.2 Å². The van der Waals surface area contributed by atoms with Gasteiger partial charge in [-0.1, -0.05) is 24.3 Å². The van der Waals surface area contributed by atoms with Crippen molar-refractivity contribution >= 4 is 5.97 Å². The van der Waals surface area contributed by atoms with Crippen LogP contribution in [0.15, 0.2) is 79.1 Å². The van der Waals surface area contributed by atoms with Crippen LogP contribution in [0.25, 0.3) is 16.9 Å². The number of aromatic nitrogens is 2. The zero-order valence-electron chi connectivity index (χ0n) is 17.3. The molecule has 4 rings (SSSR count). The third-order valence-corrected chi connectivity index (χ3v) is 5.02. The molecule has 2 aromatic heterocycles. The van der Waals surface area contributed by atoms with Gasteiger partial charge in [0.25, 0.3) is 0 Å². The number of hydrogen-bond acceptors (Lipinski definition) is 4. The Hall–Kier alpha value is -4.06. The first-order chi connectivity index (χ1) is 15.1. The van der Waals surface area contributed by atoms with E-state index in [9.17, 15) is 9.90 Å². The van der Waals surface area contributed by atoms with Crippen LogP contribution in [-0.2, 0) is 6.61 Å². The van der Waals surface area contributed by atoms with Crippen LogP contribution in [0, 0.1) is 6.92 Å². The van der Waals surface area contributed by atoms with Gasteiger partial charge in [-0.05, 0) is 55.0 Å². The monoisotopic (exact) mass is 414 g/mol. The van der Waals surface area contributed by atoms with E-state index in [0.29, 0.717) is 12.3 Å². The summed E-state index contributed by atoms with van der Waals surface area (Å²) >= 11 is 0. The number of carboxylic acids is 1.